The van der Waals surface area contributed by atoms with Crippen molar-refractivity contribution in [1.29, 1.82) is 0 Å². The lowest BCUT2D eigenvalue weighted by Crippen LogP contribution is -3.12. The van der Waals surface area contributed by atoms with Crippen molar-refractivity contribution >= 4 is 23.7 Å². The van der Waals surface area contributed by atoms with Crippen LogP contribution in [0.2, 0.25) is 0 Å². The zero-order valence-corrected chi connectivity index (χ0v) is 18.0. The maximum absolute atomic E-state index is 13.6. The number of nitrogens with one attached hydrogen (secondary N) is 1. The number of ketones is 1. The van der Waals surface area contributed by atoms with Crippen LogP contribution >= 0.6 is 0 Å². The van der Waals surface area contributed by atoms with Gasteiger partial charge in [0.15, 0.2) is 11.8 Å². The Hall–Kier alpha value is -3.05. The normalized spacial score (nSPS) is 29.0. The summed E-state index contributed by atoms with van der Waals surface area (Å²) in [5, 5.41) is 0. The summed E-state index contributed by atoms with van der Waals surface area (Å²) in [6.07, 6.45) is 4.00. The molecule has 3 aliphatic rings. The third kappa shape index (κ3) is 2.99. The molecule has 5 nitrogen and oxygen atoms in total. The van der Waals surface area contributed by atoms with Crippen LogP contribution in [0, 0.1) is 17.3 Å². The maximum atomic E-state index is 13.6. The second-order valence-electron chi connectivity index (χ2n) is 9.83. The quantitative estimate of drug-likeness (QED) is 0.784. The number of Topliss-reactive ketones (excluding diaryl/α,β-unsaturated/α-hetero) is 1. The van der Waals surface area contributed by atoms with Gasteiger partial charge in [-0.3, -0.25) is 24.2 Å². The average Bonchev–Trinajstić information content (AvgIpc) is 3.22. The summed E-state index contributed by atoms with van der Waals surface area (Å²) < 4.78 is 0. The van der Waals surface area contributed by atoms with Gasteiger partial charge in [-0.15, -0.1) is 0 Å². The van der Waals surface area contributed by atoms with E-state index in [-0.39, 0.29) is 30.2 Å². The number of likely N-dealkylation sites (tertiary alicyclic amines) is 1. The second kappa shape index (κ2) is 6.99. The van der Waals surface area contributed by atoms with Crippen LogP contribution in [0.4, 0.5) is 0 Å². The molecule has 3 heterocycles. The van der Waals surface area contributed by atoms with Gasteiger partial charge in [-0.2, -0.15) is 0 Å². The summed E-state index contributed by atoms with van der Waals surface area (Å²) in [6, 6.07) is 16.8. The number of quaternary nitrogens is 1. The molecule has 0 saturated carbocycles. The van der Waals surface area contributed by atoms with Gasteiger partial charge in [-0.25, -0.2) is 0 Å². The van der Waals surface area contributed by atoms with Crippen molar-refractivity contribution in [2.75, 3.05) is 0 Å². The minimum atomic E-state index is -0.626. The lowest BCUT2D eigenvalue weighted by molar-refractivity contribution is -0.885. The van der Waals surface area contributed by atoms with E-state index in [1.807, 2.05) is 87.6 Å². The first kappa shape index (κ1) is 19.9. The fraction of sp³-hybridized carbons (Fsp3) is 0.346. The number of benzene rings is 2. The molecule has 0 bridgehead atoms. The fourth-order valence-corrected chi connectivity index (χ4v) is 5.50. The predicted molar refractivity (Wildman–Crippen MR) is 116 cm³/mol. The number of carbonyl (C=O) groups is 3. The standard InChI is InChI=1S/C26H26N2O3/c1-26(2,3)23(29)22-20-19(21-18-12-8-7-11-17(18)13-14-27(21)22)24(30)28(25(20)31)15-16-9-5-4-6-10-16/h4-14,19-22H,15H2,1-3H3/p+1/t19-,20+,21+,22-/m0/s1. The van der Waals surface area contributed by atoms with Gasteiger partial charge in [-0.05, 0) is 17.2 Å². The van der Waals surface area contributed by atoms with Gasteiger partial charge in [-0.1, -0.05) is 75.4 Å². The molecule has 2 aromatic rings. The number of hydrogen-bond donors (Lipinski definition) is 1. The Morgan fingerprint density at radius 3 is 2.29 bits per heavy atom. The molecular weight excluding hydrogens is 388 g/mol. The number of rotatable bonds is 3. The summed E-state index contributed by atoms with van der Waals surface area (Å²) in [5.74, 6) is -1.48. The molecule has 158 valence electrons. The van der Waals surface area contributed by atoms with Crippen LogP contribution in [0.5, 0.6) is 0 Å². The minimum Gasteiger partial charge on any atom is -0.292 e. The molecule has 5 heteroatoms. The van der Waals surface area contributed by atoms with E-state index in [2.05, 4.69) is 0 Å². The number of nitrogens with zero attached hydrogens (tertiary/aromatic N) is 1. The molecule has 5 atom stereocenters. The van der Waals surface area contributed by atoms with E-state index in [0.29, 0.717) is 0 Å². The van der Waals surface area contributed by atoms with Gasteiger partial charge in [0.1, 0.15) is 17.9 Å². The van der Waals surface area contributed by atoms with Crippen molar-refractivity contribution in [1.82, 2.24) is 4.90 Å². The van der Waals surface area contributed by atoms with Crippen LogP contribution in [-0.4, -0.2) is 28.5 Å². The van der Waals surface area contributed by atoms with Gasteiger partial charge < -0.3 is 0 Å². The lowest BCUT2D eigenvalue weighted by atomic mass is 9.79. The first-order valence-corrected chi connectivity index (χ1v) is 10.9. The van der Waals surface area contributed by atoms with Gasteiger partial charge in [0.2, 0.25) is 11.8 Å². The second-order valence-corrected chi connectivity index (χ2v) is 9.83. The molecule has 2 amide bonds. The molecule has 2 saturated heterocycles. The molecule has 3 aliphatic heterocycles. The van der Waals surface area contributed by atoms with Gasteiger partial charge in [0, 0.05) is 11.0 Å². The van der Waals surface area contributed by atoms with E-state index in [9.17, 15) is 14.4 Å². The predicted octanol–water partition coefficient (Wildman–Crippen LogP) is 2.40. The monoisotopic (exact) mass is 415 g/mol. The van der Waals surface area contributed by atoms with E-state index >= 15 is 0 Å². The van der Waals surface area contributed by atoms with Crippen molar-refractivity contribution < 1.29 is 19.3 Å². The first-order chi connectivity index (χ1) is 14.8. The number of amides is 2. The molecule has 2 aromatic carbocycles. The third-order valence-electron chi connectivity index (χ3n) is 6.92. The van der Waals surface area contributed by atoms with Crippen LogP contribution in [0.3, 0.4) is 0 Å². The van der Waals surface area contributed by atoms with E-state index < -0.39 is 23.3 Å². The SMILES string of the molecule is CC(C)(C)C(=O)[C@@H]1[C@@H]2C(=O)N(Cc3ccccc3)C(=O)[C@@H]2[C@H]2c3ccccc3C=C[NH+]12. The van der Waals surface area contributed by atoms with Crippen molar-refractivity contribution in [3.05, 3.63) is 77.5 Å². The zero-order chi connectivity index (χ0) is 21.9. The Labute approximate surface area is 182 Å². The molecule has 5 rings (SSSR count). The highest BCUT2D eigenvalue weighted by molar-refractivity contribution is 6.09. The Bertz CT molecular complexity index is 1100. The highest BCUT2D eigenvalue weighted by Crippen LogP contribution is 2.45. The average molecular weight is 416 g/mol. The topological polar surface area (TPSA) is 58.9 Å². The van der Waals surface area contributed by atoms with Crippen LogP contribution in [0.1, 0.15) is 43.5 Å². The van der Waals surface area contributed by atoms with Crippen LogP contribution < -0.4 is 4.90 Å². The summed E-state index contributed by atoms with van der Waals surface area (Å²) in [6.45, 7) is 5.92. The van der Waals surface area contributed by atoms with Crippen LogP contribution in [-0.2, 0) is 20.9 Å². The van der Waals surface area contributed by atoms with Crippen LogP contribution in [0.15, 0.2) is 60.8 Å². The molecule has 31 heavy (non-hydrogen) atoms. The summed E-state index contributed by atoms with van der Waals surface area (Å²) in [7, 11) is 0. The lowest BCUT2D eigenvalue weighted by Gasteiger charge is -2.32. The molecule has 0 aromatic heterocycles. The molecular formula is C26H27N2O3+. The van der Waals surface area contributed by atoms with Gasteiger partial charge >= 0.3 is 0 Å². The highest BCUT2D eigenvalue weighted by atomic mass is 16.2. The summed E-state index contributed by atoms with van der Waals surface area (Å²) in [5.41, 5.74) is 2.41. The number of imide groups is 1. The molecule has 2 fully saturated rings. The Morgan fingerprint density at radius 2 is 1.58 bits per heavy atom. The van der Waals surface area contributed by atoms with E-state index in [1.54, 1.807) is 0 Å². The maximum Gasteiger partial charge on any atom is 0.240 e. The Morgan fingerprint density at radius 1 is 0.935 bits per heavy atom. The van der Waals surface area contributed by atoms with Gasteiger partial charge in [0.25, 0.3) is 0 Å². The molecule has 0 radical (unpaired) electrons. The van der Waals surface area contributed by atoms with Crippen molar-refractivity contribution in [2.45, 2.75) is 39.4 Å². The largest absolute Gasteiger partial charge is 0.292 e. The Balaban J connectivity index is 1.60. The number of hydrogen-bond acceptors (Lipinski definition) is 3. The van der Waals surface area contributed by atoms with E-state index in [0.717, 1.165) is 21.6 Å². The van der Waals surface area contributed by atoms with Gasteiger partial charge in [0.05, 0.1) is 12.7 Å². The minimum absolute atomic E-state index is 0.0340. The van der Waals surface area contributed by atoms with Crippen LogP contribution in [0.25, 0.3) is 6.08 Å². The molecule has 1 unspecified atom stereocenters. The van der Waals surface area contributed by atoms with Crippen molar-refractivity contribution in [3.63, 3.8) is 0 Å². The van der Waals surface area contributed by atoms with E-state index in [4.69, 9.17) is 0 Å². The highest BCUT2D eigenvalue weighted by Gasteiger charge is 2.68. The smallest absolute Gasteiger partial charge is 0.240 e. The van der Waals surface area contributed by atoms with Crippen molar-refractivity contribution in [3.8, 4) is 0 Å². The number of fused-ring (bicyclic) bond motifs is 5. The summed E-state index contributed by atoms with van der Waals surface area (Å²) >= 11 is 0. The molecule has 0 aliphatic carbocycles. The third-order valence-corrected chi connectivity index (χ3v) is 6.92. The van der Waals surface area contributed by atoms with E-state index in [1.165, 1.54) is 4.90 Å². The molecule has 0 spiro atoms. The first-order valence-electron chi connectivity index (χ1n) is 10.9. The Kier molecular flexibility index (Phi) is 4.48. The van der Waals surface area contributed by atoms with Crippen molar-refractivity contribution in [2.24, 2.45) is 17.3 Å². The number of carbonyl (C=O) groups excluding carboxylic acids is 3. The summed E-state index contributed by atoms with van der Waals surface area (Å²) in [4.78, 5) is 43.1. The fourth-order valence-electron chi connectivity index (χ4n) is 5.50. The molecule has 1 N–H and O–H groups in total. The zero-order valence-electron chi connectivity index (χ0n) is 18.0.